The van der Waals surface area contributed by atoms with Gasteiger partial charge >= 0.3 is 0 Å². The highest BCUT2D eigenvalue weighted by Crippen LogP contribution is 2.13. The lowest BCUT2D eigenvalue weighted by molar-refractivity contribution is 0.542. The minimum atomic E-state index is 1.03. The first-order valence-electron chi connectivity index (χ1n) is 9.15. The van der Waals surface area contributed by atoms with Crippen molar-refractivity contribution in [3.8, 4) is 0 Å². The lowest BCUT2D eigenvalue weighted by Crippen LogP contribution is -1.82. The lowest BCUT2D eigenvalue weighted by atomic mass is 10.0. The van der Waals surface area contributed by atoms with Crippen LogP contribution in [0.25, 0.3) is 0 Å². The van der Waals surface area contributed by atoms with Crippen LogP contribution in [0, 0.1) is 13.8 Å². The van der Waals surface area contributed by atoms with E-state index >= 15 is 0 Å². The van der Waals surface area contributed by atoms with Gasteiger partial charge in [0.05, 0.1) is 0 Å². The molecule has 0 nitrogen and oxygen atoms in total. The maximum absolute atomic E-state index is 3.89. The monoisotopic (exact) mass is 278 g/mol. The van der Waals surface area contributed by atoms with Gasteiger partial charge in [-0.05, 0) is 25.7 Å². The Balaban J connectivity index is 2.96. The number of hydrogen-bond donors (Lipinski definition) is 0. The predicted octanol–water partition coefficient (Wildman–Crippen LogP) is 7.45. The van der Waals surface area contributed by atoms with Gasteiger partial charge < -0.3 is 0 Å². The zero-order valence-electron chi connectivity index (χ0n) is 13.9. The second kappa shape index (κ2) is 18.7. The van der Waals surface area contributed by atoms with Gasteiger partial charge in [0, 0.05) is 0 Å². The molecule has 20 heavy (non-hydrogen) atoms. The summed E-state index contributed by atoms with van der Waals surface area (Å²) in [6.07, 6.45) is 26.3. The van der Waals surface area contributed by atoms with Gasteiger partial charge in [-0.1, -0.05) is 103 Å². The third kappa shape index (κ3) is 17.7. The summed E-state index contributed by atoms with van der Waals surface area (Å²) in [4.78, 5) is 0. The van der Waals surface area contributed by atoms with E-state index in [0.29, 0.717) is 0 Å². The third-order valence-corrected chi connectivity index (χ3v) is 3.91. The maximum Gasteiger partial charge on any atom is -0.0351 e. The van der Waals surface area contributed by atoms with Gasteiger partial charge in [-0.25, -0.2) is 0 Å². The molecule has 0 rings (SSSR count). The highest BCUT2D eigenvalue weighted by Gasteiger charge is 1.93. The molecule has 0 saturated carbocycles. The molecule has 0 aromatic heterocycles. The van der Waals surface area contributed by atoms with Crippen molar-refractivity contribution < 1.29 is 0 Å². The van der Waals surface area contributed by atoms with Gasteiger partial charge in [-0.2, -0.15) is 0 Å². The van der Waals surface area contributed by atoms with Crippen molar-refractivity contribution in [2.45, 2.75) is 103 Å². The Morgan fingerprint density at radius 3 is 1.25 bits per heavy atom. The molecule has 0 N–H and O–H groups in total. The first-order chi connectivity index (χ1) is 9.91. The molecule has 0 aromatic carbocycles. The molecule has 0 aliphatic heterocycles. The summed E-state index contributed by atoms with van der Waals surface area (Å²) in [7, 11) is 0. The van der Waals surface area contributed by atoms with Crippen LogP contribution in [0.5, 0.6) is 0 Å². The number of allylic oxidation sites excluding steroid dienone is 2. The van der Waals surface area contributed by atoms with E-state index in [1.165, 1.54) is 83.5 Å². The zero-order chi connectivity index (χ0) is 14.7. The van der Waals surface area contributed by atoms with Crippen molar-refractivity contribution in [2.24, 2.45) is 0 Å². The summed E-state index contributed by atoms with van der Waals surface area (Å²) in [6, 6.07) is 0. The molecule has 0 spiro atoms. The molecule has 0 heterocycles. The molecule has 0 atom stereocenters. The normalized spacial score (nSPS) is 11.5. The summed E-state index contributed by atoms with van der Waals surface area (Å²) in [6.45, 7) is 7.73. The Kier molecular flexibility index (Phi) is 18.5. The fraction of sp³-hybridized carbons (Fsp3) is 0.800. The average molecular weight is 279 g/mol. The second-order valence-corrected chi connectivity index (χ2v) is 6.00. The second-order valence-electron chi connectivity index (χ2n) is 6.00. The molecule has 0 saturated heterocycles. The van der Waals surface area contributed by atoms with Crippen molar-refractivity contribution in [3.05, 3.63) is 26.0 Å². The fourth-order valence-electron chi connectivity index (χ4n) is 2.56. The molecule has 0 unspecified atom stereocenters. The van der Waals surface area contributed by atoms with Crippen molar-refractivity contribution in [1.82, 2.24) is 0 Å². The van der Waals surface area contributed by atoms with Crippen LogP contribution in [0.3, 0.4) is 0 Å². The summed E-state index contributed by atoms with van der Waals surface area (Å²) >= 11 is 0. The lowest BCUT2D eigenvalue weighted by Gasteiger charge is -2.02. The number of unbranched alkanes of at least 4 members (excludes halogenated alkanes) is 14. The van der Waals surface area contributed by atoms with Crippen molar-refractivity contribution >= 4 is 0 Å². The van der Waals surface area contributed by atoms with E-state index in [1.807, 2.05) is 0 Å². The van der Waals surface area contributed by atoms with E-state index < -0.39 is 0 Å². The quantitative estimate of drug-likeness (QED) is 0.203. The molecular weight excluding hydrogens is 240 g/mol. The average Bonchev–Trinajstić information content (AvgIpc) is 2.47. The van der Waals surface area contributed by atoms with E-state index in [0.717, 1.165) is 19.3 Å². The molecule has 2 radical (unpaired) electrons. The van der Waals surface area contributed by atoms with Gasteiger partial charge in [0.15, 0.2) is 0 Å². The first-order valence-corrected chi connectivity index (χ1v) is 9.15. The van der Waals surface area contributed by atoms with Crippen LogP contribution in [0.1, 0.15) is 103 Å². The van der Waals surface area contributed by atoms with E-state index in [4.69, 9.17) is 0 Å². The van der Waals surface area contributed by atoms with Gasteiger partial charge in [-0.3, -0.25) is 0 Å². The Morgan fingerprint density at radius 1 is 0.400 bits per heavy atom. The molecule has 0 aromatic rings. The molecule has 0 fully saturated rings. The SMILES string of the molecule is [CH2]CC/C=C/CCCCCCCCCCCCCC[CH2]. The predicted molar refractivity (Wildman–Crippen MR) is 93.7 cm³/mol. The molecule has 0 heteroatoms. The standard InChI is InChI=1S/C20H38/c1-3-5-7-9-11-13-15-17-19-20-18-16-14-12-10-8-6-4-2/h7,9H,1-6,8,10-20H2/b9-7+. The largest absolute Gasteiger partial charge is 0.0885 e. The highest BCUT2D eigenvalue weighted by molar-refractivity contribution is 4.81. The van der Waals surface area contributed by atoms with Gasteiger partial charge in [0.25, 0.3) is 0 Å². The van der Waals surface area contributed by atoms with E-state index in [1.54, 1.807) is 0 Å². The van der Waals surface area contributed by atoms with Crippen LogP contribution in [0.4, 0.5) is 0 Å². The van der Waals surface area contributed by atoms with Crippen LogP contribution in [0.15, 0.2) is 12.2 Å². The fourth-order valence-corrected chi connectivity index (χ4v) is 2.56. The smallest absolute Gasteiger partial charge is 0.0351 e. The van der Waals surface area contributed by atoms with Gasteiger partial charge in [0.1, 0.15) is 0 Å². The van der Waals surface area contributed by atoms with Crippen molar-refractivity contribution in [2.75, 3.05) is 0 Å². The summed E-state index contributed by atoms with van der Waals surface area (Å²) in [5, 5.41) is 0. The summed E-state index contributed by atoms with van der Waals surface area (Å²) < 4.78 is 0. The maximum atomic E-state index is 3.89. The van der Waals surface area contributed by atoms with E-state index in [-0.39, 0.29) is 0 Å². The topological polar surface area (TPSA) is 0 Å². The number of hydrogen-bond acceptors (Lipinski definition) is 0. The number of rotatable bonds is 16. The minimum absolute atomic E-state index is 1.03. The van der Waals surface area contributed by atoms with Crippen LogP contribution < -0.4 is 0 Å². The van der Waals surface area contributed by atoms with Crippen molar-refractivity contribution in [1.29, 1.82) is 0 Å². The van der Waals surface area contributed by atoms with Crippen LogP contribution in [-0.4, -0.2) is 0 Å². The Morgan fingerprint density at radius 2 is 0.800 bits per heavy atom. The van der Waals surface area contributed by atoms with Crippen LogP contribution >= 0.6 is 0 Å². The van der Waals surface area contributed by atoms with Crippen molar-refractivity contribution in [3.63, 3.8) is 0 Å². The van der Waals surface area contributed by atoms with Crippen LogP contribution in [0.2, 0.25) is 0 Å². The molecule has 0 aliphatic rings. The first kappa shape index (κ1) is 19.7. The minimum Gasteiger partial charge on any atom is -0.0885 e. The Labute approximate surface area is 129 Å². The Bertz CT molecular complexity index is 180. The zero-order valence-corrected chi connectivity index (χ0v) is 13.9. The molecule has 0 bridgehead atoms. The molecule has 118 valence electrons. The van der Waals surface area contributed by atoms with Gasteiger partial charge in [-0.15, -0.1) is 0 Å². The molecular formula is C20H38. The summed E-state index contributed by atoms with van der Waals surface area (Å²) in [5.41, 5.74) is 0. The highest BCUT2D eigenvalue weighted by atomic mass is 14.0. The van der Waals surface area contributed by atoms with Gasteiger partial charge in [0.2, 0.25) is 0 Å². The summed E-state index contributed by atoms with van der Waals surface area (Å²) in [5.74, 6) is 0. The van der Waals surface area contributed by atoms with Crippen LogP contribution in [-0.2, 0) is 0 Å². The molecule has 0 aliphatic carbocycles. The Hall–Kier alpha value is -0.260. The van der Waals surface area contributed by atoms with E-state index in [9.17, 15) is 0 Å². The molecule has 0 amide bonds. The van der Waals surface area contributed by atoms with E-state index in [2.05, 4.69) is 26.0 Å². The third-order valence-electron chi connectivity index (χ3n) is 3.91.